The van der Waals surface area contributed by atoms with Crippen molar-refractivity contribution in [1.82, 2.24) is 10.3 Å². The number of aromatic nitrogens is 1. The van der Waals surface area contributed by atoms with E-state index in [0.717, 1.165) is 36.3 Å². The molecule has 2 heterocycles. The van der Waals surface area contributed by atoms with Crippen molar-refractivity contribution in [1.29, 1.82) is 0 Å². The number of ether oxygens (including phenoxy) is 1. The van der Waals surface area contributed by atoms with Gasteiger partial charge in [-0.15, -0.1) is 0 Å². The molecule has 18 heavy (non-hydrogen) atoms. The maximum atomic E-state index is 5.98. The molecule has 0 amide bonds. The van der Waals surface area contributed by atoms with Crippen molar-refractivity contribution in [3.63, 3.8) is 0 Å². The second kappa shape index (κ2) is 5.36. The first-order chi connectivity index (χ1) is 8.93. The van der Waals surface area contributed by atoms with Crippen LogP contribution in [0.1, 0.15) is 12.8 Å². The SMILES string of the molecule is c1cc(OCC2CCCNC2)c2cccnc2c1. The number of hydrogen-bond donors (Lipinski definition) is 1. The zero-order valence-corrected chi connectivity index (χ0v) is 10.4. The third-order valence-corrected chi connectivity index (χ3v) is 3.48. The molecule has 0 saturated carbocycles. The minimum absolute atomic E-state index is 0.630. The molecule has 3 rings (SSSR count). The largest absolute Gasteiger partial charge is 0.493 e. The number of benzene rings is 1. The molecule has 0 aliphatic carbocycles. The van der Waals surface area contributed by atoms with Gasteiger partial charge >= 0.3 is 0 Å². The van der Waals surface area contributed by atoms with E-state index in [2.05, 4.69) is 16.4 Å². The molecule has 3 heteroatoms. The van der Waals surface area contributed by atoms with E-state index in [1.807, 2.05) is 30.5 Å². The number of pyridine rings is 1. The van der Waals surface area contributed by atoms with Gasteiger partial charge in [0.15, 0.2) is 0 Å². The Morgan fingerprint density at radius 2 is 2.28 bits per heavy atom. The summed E-state index contributed by atoms with van der Waals surface area (Å²) in [5, 5.41) is 4.52. The van der Waals surface area contributed by atoms with Crippen LogP contribution in [-0.2, 0) is 0 Å². The fourth-order valence-electron chi connectivity index (χ4n) is 2.47. The molecule has 1 aliphatic heterocycles. The number of nitrogens with one attached hydrogen (secondary N) is 1. The maximum Gasteiger partial charge on any atom is 0.128 e. The topological polar surface area (TPSA) is 34.1 Å². The lowest BCUT2D eigenvalue weighted by Crippen LogP contribution is -2.33. The highest BCUT2D eigenvalue weighted by molar-refractivity contribution is 5.84. The van der Waals surface area contributed by atoms with E-state index in [1.165, 1.54) is 12.8 Å². The molecule has 1 saturated heterocycles. The molecule has 0 bridgehead atoms. The summed E-state index contributed by atoms with van der Waals surface area (Å²) in [7, 11) is 0. The summed E-state index contributed by atoms with van der Waals surface area (Å²) >= 11 is 0. The minimum Gasteiger partial charge on any atom is -0.493 e. The Kier molecular flexibility index (Phi) is 3.42. The first-order valence-electron chi connectivity index (χ1n) is 6.61. The van der Waals surface area contributed by atoms with E-state index >= 15 is 0 Å². The smallest absolute Gasteiger partial charge is 0.128 e. The molecule has 1 fully saturated rings. The van der Waals surface area contributed by atoms with Crippen LogP contribution in [0.3, 0.4) is 0 Å². The van der Waals surface area contributed by atoms with Gasteiger partial charge in [-0.25, -0.2) is 0 Å². The Balaban J connectivity index is 1.74. The first kappa shape index (κ1) is 11.5. The monoisotopic (exact) mass is 242 g/mol. The van der Waals surface area contributed by atoms with Crippen LogP contribution in [0.4, 0.5) is 0 Å². The van der Waals surface area contributed by atoms with Crippen molar-refractivity contribution in [2.45, 2.75) is 12.8 Å². The summed E-state index contributed by atoms with van der Waals surface area (Å²) in [5.74, 6) is 1.58. The molecule has 0 radical (unpaired) electrons. The van der Waals surface area contributed by atoms with Gasteiger partial charge in [0.25, 0.3) is 0 Å². The van der Waals surface area contributed by atoms with E-state index in [-0.39, 0.29) is 0 Å². The van der Waals surface area contributed by atoms with Gasteiger partial charge in [-0.3, -0.25) is 4.98 Å². The van der Waals surface area contributed by atoms with Crippen molar-refractivity contribution in [2.24, 2.45) is 5.92 Å². The van der Waals surface area contributed by atoms with E-state index in [1.54, 1.807) is 0 Å². The number of hydrogen-bond acceptors (Lipinski definition) is 3. The van der Waals surface area contributed by atoms with Gasteiger partial charge in [0.05, 0.1) is 12.1 Å². The summed E-state index contributed by atoms with van der Waals surface area (Å²) in [4.78, 5) is 4.34. The van der Waals surface area contributed by atoms with Crippen LogP contribution in [-0.4, -0.2) is 24.7 Å². The van der Waals surface area contributed by atoms with Crippen LogP contribution in [0.15, 0.2) is 36.5 Å². The van der Waals surface area contributed by atoms with Crippen LogP contribution in [0.25, 0.3) is 10.9 Å². The molecule has 1 aliphatic rings. The molecule has 1 unspecified atom stereocenters. The van der Waals surface area contributed by atoms with Gasteiger partial charge in [0, 0.05) is 24.0 Å². The summed E-state index contributed by atoms with van der Waals surface area (Å²) in [6.07, 6.45) is 4.33. The number of rotatable bonds is 3. The Morgan fingerprint density at radius 3 is 3.17 bits per heavy atom. The van der Waals surface area contributed by atoms with Gasteiger partial charge < -0.3 is 10.1 Å². The molecule has 0 spiro atoms. The van der Waals surface area contributed by atoms with Crippen LogP contribution >= 0.6 is 0 Å². The molecule has 1 atom stereocenters. The Hall–Kier alpha value is -1.61. The molecular weight excluding hydrogens is 224 g/mol. The van der Waals surface area contributed by atoms with Crippen LogP contribution in [0.2, 0.25) is 0 Å². The summed E-state index contributed by atoms with van der Waals surface area (Å²) in [6, 6.07) is 10.1. The van der Waals surface area contributed by atoms with Gasteiger partial charge in [-0.05, 0) is 43.7 Å². The lowest BCUT2D eigenvalue weighted by Gasteiger charge is -2.23. The number of fused-ring (bicyclic) bond motifs is 1. The van der Waals surface area contributed by atoms with Crippen molar-refractivity contribution in [2.75, 3.05) is 19.7 Å². The van der Waals surface area contributed by atoms with E-state index in [0.29, 0.717) is 5.92 Å². The highest BCUT2D eigenvalue weighted by Crippen LogP contribution is 2.24. The van der Waals surface area contributed by atoms with E-state index in [4.69, 9.17) is 4.74 Å². The second-order valence-electron chi connectivity index (χ2n) is 4.85. The predicted octanol–water partition coefficient (Wildman–Crippen LogP) is 2.61. The Bertz CT molecular complexity index is 515. The molecule has 1 aromatic carbocycles. The zero-order valence-electron chi connectivity index (χ0n) is 10.4. The molecule has 1 N–H and O–H groups in total. The van der Waals surface area contributed by atoms with E-state index < -0.39 is 0 Å². The molecular formula is C15H18N2O. The molecule has 3 nitrogen and oxygen atoms in total. The summed E-state index contributed by atoms with van der Waals surface area (Å²) in [6.45, 7) is 3.01. The Morgan fingerprint density at radius 1 is 1.28 bits per heavy atom. The zero-order chi connectivity index (χ0) is 12.2. The van der Waals surface area contributed by atoms with E-state index in [9.17, 15) is 0 Å². The van der Waals surface area contributed by atoms with Crippen molar-refractivity contribution >= 4 is 10.9 Å². The summed E-state index contributed by atoms with van der Waals surface area (Å²) < 4.78 is 5.98. The highest BCUT2D eigenvalue weighted by atomic mass is 16.5. The standard InChI is InChI=1S/C15H18N2O/c1-6-14-13(5-3-9-17-14)15(7-1)18-11-12-4-2-8-16-10-12/h1,3,5-7,9,12,16H,2,4,8,10-11H2. The normalized spacial score (nSPS) is 19.9. The number of piperidine rings is 1. The third kappa shape index (κ3) is 2.46. The minimum atomic E-state index is 0.630. The number of nitrogens with zero attached hydrogens (tertiary/aromatic N) is 1. The maximum absolute atomic E-state index is 5.98. The highest BCUT2D eigenvalue weighted by Gasteiger charge is 2.14. The average molecular weight is 242 g/mol. The van der Waals surface area contributed by atoms with Gasteiger partial charge in [-0.2, -0.15) is 0 Å². The van der Waals surface area contributed by atoms with Crippen molar-refractivity contribution in [3.05, 3.63) is 36.5 Å². The molecule has 1 aromatic heterocycles. The summed E-state index contributed by atoms with van der Waals surface area (Å²) in [5.41, 5.74) is 0.997. The fourth-order valence-corrected chi connectivity index (χ4v) is 2.47. The fraction of sp³-hybridized carbons (Fsp3) is 0.400. The third-order valence-electron chi connectivity index (χ3n) is 3.48. The lowest BCUT2D eigenvalue weighted by atomic mass is 10.0. The lowest BCUT2D eigenvalue weighted by molar-refractivity contribution is 0.220. The van der Waals surface area contributed by atoms with Crippen LogP contribution < -0.4 is 10.1 Å². The van der Waals surface area contributed by atoms with Crippen molar-refractivity contribution < 1.29 is 4.74 Å². The van der Waals surface area contributed by atoms with Crippen LogP contribution in [0, 0.1) is 5.92 Å². The molecule has 94 valence electrons. The van der Waals surface area contributed by atoms with Crippen molar-refractivity contribution in [3.8, 4) is 5.75 Å². The van der Waals surface area contributed by atoms with Gasteiger partial charge in [0.2, 0.25) is 0 Å². The second-order valence-corrected chi connectivity index (χ2v) is 4.85. The average Bonchev–Trinajstić information content (AvgIpc) is 2.46. The molecule has 2 aromatic rings. The van der Waals surface area contributed by atoms with Crippen LogP contribution in [0.5, 0.6) is 5.75 Å². The Labute approximate surface area is 107 Å². The first-order valence-corrected chi connectivity index (χ1v) is 6.61. The van der Waals surface area contributed by atoms with Gasteiger partial charge in [0.1, 0.15) is 5.75 Å². The quantitative estimate of drug-likeness (QED) is 0.898. The predicted molar refractivity (Wildman–Crippen MR) is 72.8 cm³/mol. The van der Waals surface area contributed by atoms with Gasteiger partial charge in [-0.1, -0.05) is 6.07 Å².